The van der Waals surface area contributed by atoms with Crippen molar-refractivity contribution in [3.05, 3.63) is 169 Å². The zero-order chi connectivity index (χ0) is 54.1. The molecule has 9 rings (SSSR count). The van der Waals surface area contributed by atoms with Crippen LogP contribution in [-0.2, 0) is 0 Å². The summed E-state index contributed by atoms with van der Waals surface area (Å²) in [6.07, 6.45) is 0. The first-order valence-corrected chi connectivity index (χ1v) is 13.2. The second-order valence-corrected chi connectivity index (χ2v) is 9.51. The summed E-state index contributed by atoms with van der Waals surface area (Å²) in [6.45, 7) is 0. The fourth-order valence-corrected chi connectivity index (χ4v) is 5.21. The number of hydrogen-bond donors (Lipinski definition) is 0. The summed E-state index contributed by atoms with van der Waals surface area (Å²) in [5, 5.41) is -4.14. The van der Waals surface area contributed by atoms with Crippen LogP contribution >= 0.6 is 0 Å². The molecular formula is C44H28O. The summed E-state index contributed by atoms with van der Waals surface area (Å²) < 4.78 is 257. The quantitative estimate of drug-likeness (QED) is 0.183. The zero-order valence-electron chi connectivity index (χ0n) is 50.4. The largest absolute Gasteiger partial charge is 0.456 e. The van der Waals surface area contributed by atoms with Crippen LogP contribution in [0.1, 0.15) is 38.4 Å². The SMILES string of the molecule is [2H]c1c([2H])c([2H])c(-c2c([2H])c([2H])c(-c3c4c([2H])c([2H])c([2H])c([2H])c4c(-c4c([2H])c([2H])c5oc6c([2H])c([2H])c([2H])c([2H])c6c5c4[2H])c4c([2H])c([2H])c([2H])c([2H])c34)c([2H])c2-c2c([2H])c([2H])c([2H])c([2H])c2[2H])c([2H])c1[2H]. The molecule has 0 atom stereocenters. The van der Waals surface area contributed by atoms with E-state index in [9.17, 15) is 12.3 Å². The van der Waals surface area contributed by atoms with Crippen molar-refractivity contribution in [3.8, 4) is 44.5 Å². The van der Waals surface area contributed by atoms with Crippen molar-refractivity contribution in [1.82, 2.24) is 0 Å². The van der Waals surface area contributed by atoms with E-state index in [-0.39, 0.29) is 0 Å². The van der Waals surface area contributed by atoms with Gasteiger partial charge >= 0.3 is 0 Å². The van der Waals surface area contributed by atoms with Gasteiger partial charge in [-0.25, -0.2) is 0 Å². The molecule has 0 fully saturated rings. The Kier molecular flexibility index (Phi) is 2.32. The third-order valence-electron chi connectivity index (χ3n) is 7.07. The Bertz CT molecular complexity index is 3980. The molecule has 0 spiro atoms. The van der Waals surface area contributed by atoms with Crippen LogP contribution in [0.25, 0.3) is 88.0 Å². The van der Waals surface area contributed by atoms with Gasteiger partial charge in [-0.15, -0.1) is 0 Å². The van der Waals surface area contributed by atoms with E-state index in [4.69, 9.17) is 30.5 Å². The summed E-state index contributed by atoms with van der Waals surface area (Å²) in [4.78, 5) is 0. The summed E-state index contributed by atoms with van der Waals surface area (Å²) in [5.74, 6) is 0. The molecule has 1 heterocycles. The molecule has 0 aliphatic heterocycles. The summed E-state index contributed by atoms with van der Waals surface area (Å²) >= 11 is 0. The summed E-state index contributed by atoms with van der Waals surface area (Å²) in [6, 6.07) is -27.6. The first-order valence-electron chi connectivity index (χ1n) is 27.2. The minimum absolute atomic E-state index is 0.449. The normalized spacial score (nSPS) is 20.3. The van der Waals surface area contributed by atoms with E-state index in [0.717, 1.165) is 0 Å². The molecule has 0 unspecified atom stereocenters. The van der Waals surface area contributed by atoms with E-state index in [1.807, 2.05) is 0 Å². The molecule has 45 heavy (non-hydrogen) atoms. The zero-order valence-corrected chi connectivity index (χ0v) is 22.4. The van der Waals surface area contributed by atoms with Gasteiger partial charge in [0.25, 0.3) is 0 Å². The van der Waals surface area contributed by atoms with Crippen molar-refractivity contribution in [1.29, 1.82) is 0 Å². The van der Waals surface area contributed by atoms with Crippen molar-refractivity contribution in [3.63, 3.8) is 0 Å². The van der Waals surface area contributed by atoms with Crippen LogP contribution in [0.3, 0.4) is 0 Å². The molecular weight excluding hydrogens is 544 g/mol. The van der Waals surface area contributed by atoms with Crippen molar-refractivity contribution >= 4 is 43.5 Å². The Balaban J connectivity index is 1.64. The van der Waals surface area contributed by atoms with Gasteiger partial charge < -0.3 is 4.42 Å². The fraction of sp³-hybridized carbons (Fsp3) is 0. The van der Waals surface area contributed by atoms with Crippen LogP contribution in [0.4, 0.5) is 0 Å². The van der Waals surface area contributed by atoms with Gasteiger partial charge in [-0.3, -0.25) is 0 Å². The van der Waals surface area contributed by atoms with Crippen molar-refractivity contribution < 1.29 is 42.8 Å². The maximum Gasteiger partial charge on any atom is 0.135 e. The lowest BCUT2D eigenvalue weighted by atomic mass is 9.84. The van der Waals surface area contributed by atoms with E-state index in [0.29, 0.717) is 0 Å². The standard InChI is InChI=1S/C44H28O/c1-3-13-29(14-4-1)33-25-23-31(27-39(33)30-15-5-2-6-16-30)43-35-18-7-9-20-37(35)44(38-21-10-8-19-36(38)43)32-24-26-42-40(28-32)34-17-11-12-22-41(34)45-42/h1-28H/i1D,2D,3D,4D,5D,6D,7D,8D,9D,10D,11D,12D,13D,14D,15D,16D,17D,18D,19D,20D,21D,22D,23D,24D,25D,26D,27D,28D. The topological polar surface area (TPSA) is 13.1 Å². The van der Waals surface area contributed by atoms with Crippen LogP contribution in [0.15, 0.2) is 174 Å². The van der Waals surface area contributed by atoms with Crippen molar-refractivity contribution in [2.24, 2.45) is 0 Å². The van der Waals surface area contributed by atoms with E-state index in [1.165, 1.54) is 0 Å². The van der Waals surface area contributed by atoms with Gasteiger partial charge in [0.15, 0.2) is 0 Å². The lowest BCUT2D eigenvalue weighted by molar-refractivity contribution is 0.669. The van der Waals surface area contributed by atoms with Crippen LogP contribution in [0, 0.1) is 0 Å². The van der Waals surface area contributed by atoms with Crippen molar-refractivity contribution in [2.75, 3.05) is 0 Å². The molecule has 1 heteroatoms. The number of benzene rings is 8. The molecule has 0 N–H and O–H groups in total. The molecule has 0 aliphatic carbocycles. The Morgan fingerprint density at radius 3 is 1.36 bits per heavy atom. The molecule has 0 saturated heterocycles. The Morgan fingerprint density at radius 2 is 0.756 bits per heavy atom. The lowest BCUT2D eigenvalue weighted by Crippen LogP contribution is -1.92. The first kappa shape index (κ1) is 10.1. The highest BCUT2D eigenvalue weighted by Crippen LogP contribution is 2.46. The molecule has 0 aliphatic rings. The fourth-order valence-electron chi connectivity index (χ4n) is 5.21. The summed E-state index contributed by atoms with van der Waals surface area (Å²) in [5.41, 5.74) is -8.08. The average molecular weight is 601 g/mol. The van der Waals surface area contributed by atoms with Gasteiger partial charge in [-0.2, -0.15) is 0 Å². The Hall–Kier alpha value is -5.92. The highest BCUT2D eigenvalue weighted by atomic mass is 16.3. The van der Waals surface area contributed by atoms with Gasteiger partial charge in [0.1, 0.15) is 11.2 Å². The van der Waals surface area contributed by atoms with Crippen LogP contribution in [0.5, 0.6) is 0 Å². The molecule has 8 aromatic carbocycles. The first-order chi connectivity index (χ1) is 34.0. The van der Waals surface area contributed by atoms with Gasteiger partial charge in [-0.1, -0.05) is 145 Å². The van der Waals surface area contributed by atoms with E-state index in [2.05, 4.69) is 0 Å². The molecule has 1 aromatic heterocycles. The third-order valence-corrected chi connectivity index (χ3v) is 7.07. The monoisotopic (exact) mass is 600 g/mol. The molecule has 0 bridgehead atoms. The maximum absolute atomic E-state index is 10.0. The number of furan rings is 1. The predicted octanol–water partition coefficient (Wildman–Crippen LogP) is 12.6. The number of para-hydroxylation sites is 1. The second kappa shape index (κ2) is 10.4. The summed E-state index contributed by atoms with van der Waals surface area (Å²) in [7, 11) is 0. The van der Waals surface area contributed by atoms with E-state index < -0.39 is 257 Å². The van der Waals surface area contributed by atoms with E-state index >= 15 is 0 Å². The van der Waals surface area contributed by atoms with E-state index in [1.54, 1.807) is 0 Å². The highest BCUT2D eigenvalue weighted by Gasteiger charge is 2.19. The molecule has 9 aromatic rings. The second-order valence-electron chi connectivity index (χ2n) is 9.51. The molecule has 0 radical (unpaired) electrons. The molecule has 0 amide bonds. The Labute approximate surface area is 301 Å². The number of rotatable bonds is 4. The van der Waals surface area contributed by atoms with Gasteiger partial charge in [0, 0.05) is 10.8 Å². The van der Waals surface area contributed by atoms with Crippen LogP contribution in [-0.4, -0.2) is 0 Å². The molecule has 1 nitrogen and oxygen atoms in total. The maximum atomic E-state index is 10.0. The van der Waals surface area contributed by atoms with Gasteiger partial charge in [0.2, 0.25) is 0 Å². The molecule has 210 valence electrons. The van der Waals surface area contributed by atoms with Crippen LogP contribution < -0.4 is 0 Å². The smallest absolute Gasteiger partial charge is 0.135 e. The minimum Gasteiger partial charge on any atom is -0.456 e. The van der Waals surface area contributed by atoms with Gasteiger partial charge in [0.05, 0.1) is 38.4 Å². The van der Waals surface area contributed by atoms with Gasteiger partial charge in [-0.05, 0) is 90.2 Å². The highest BCUT2D eigenvalue weighted by molar-refractivity contribution is 6.22. The number of fused-ring (bicyclic) bond motifs is 5. The van der Waals surface area contributed by atoms with Crippen molar-refractivity contribution in [2.45, 2.75) is 0 Å². The predicted molar refractivity (Wildman–Crippen MR) is 190 cm³/mol. The van der Waals surface area contributed by atoms with Crippen LogP contribution in [0.2, 0.25) is 0 Å². The number of hydrogen-bond acceptors (Lipinski definition) is 1. The Morgan fingerprint density at radius 1 is 0.311 bits per heavy atom. The lowest BCUT2D eigenvalue weighted by Gasteiger charge is -2.19. The third kappa shape index (κ3) is 4.17. The molecule has 0 saturated carbocycles. The average Bonchev–Trinajstić information content (AvgIpc) is 3.77. The minimum atomic E-state index is -1.17.